The summed E-state index contributed by atoms with van der Waals surface area (Å²) in [7, 11) is 0. The Bertz CT molecular complexity index is 895. The fourth-order valence-corrected chi connectivity index (χ4v) is 2.41. The molecule has 27 heavy (non-hydrogen) atoms. The lowest BCUT2D eigenvalue weighted by Crippen LogP contribution is -2.14. The van der Waals surface area contributed by atoms with Crippen LogP contribution in [0.15, 0.2) is 60.7 Å². The highest BCUT2D eigenvalue weighted by Gasteiger charge is 2.09. The molecule has 0 radical (unpaired) electrons. The summed E-state index contributed by atoms with van der Waals surface area (Å²) < 4.78 is 5.58. The number of amides is 1. The van der Waals surface area contributed by atoms with E-state index in [-0.39, 0.29) is 17.7 Å². The van der Waals surface area contributed by atoms with Crippen LogP contribution in [0.3, 0.4) is 0 Å². The van der Waals surface area contributed by atoms with E-state index in [2.05, 4.69) is 20.8 Å². The molecule has 1 aromatic heterocycles. The van der Waals surface area contributed by atoms with Crippen LogP contribution in [0, 0.1) is 0 Å². The molecule has 3 rings (SSSR count). The molecule has 3 aromatic rings. The van der Waals surface area contributed by atoms with Gasteiger partial charge >= 0.3 is 0 Å². The van der Waals surface area contributed by atoms with E-state index in [0.717, 1.165) is 11.4 Å². The van der Waals surface area contributed by atoms with Crippen LogP contribution in [0.2, 0.25) is 5.02 Å². The normalized spacial score (nSPS) is 10.5. The van der Waals surface area contributed by atoms with Crippen LogP contribution in [0.1, 0.15) is 24.3 Å². The van der Waals surface area contributed by atoms with Gasteiger partial charge in [-0.1, -0.05) is 11.6 Å². The number of aromatic nitrogens is 2. The predicted molar refractivity (Wildman–Crippen MR) is 107 cm³/mol. The Morgan fingerprint density at radius 1 is 0.926 bits per heavy atom. The van der Waals surface area contributed by atoms with Gasteiger partial charge in [-0.15, -0.1) is 10.2 Å². The molecule has 0 saturated heterocycles. The molecule has 0 fully saturated rings. The number of nitrogens with zero attached hydrogens (tertiary/aromatic N) is 2. The molecule has 1 amide bonds. The number of benzene rings is 2. The Hall–Kier alpha value is -3.12. The number of ether oxygens (including phenoxy) is 1. The lowest BCUT2D eigenvalue weighted by Gasteiger charge is -2.10. The van der Waals surface area contributed by atoms with Crippen molar-refractivity contribution in [1.29, 1.82) is 0 Å². The first kappa shape index (κ1) is 18.7. The third-order valence-electron chi connectivity index (χ3n) is 3.50. The van der Waals surface area contributed by atoms with Gasteiger partial charge in [0.25, 0.3) is 5.91 Å². The van der Waals surface area contributed by atoms with Crippen molar-refractivity contribution >= 4 is 34.7 Å². The summed E-state index contributed by atoms with van der Waals surface area (Å²) >= 11 is 5.86. The van der Waals surface area contributed by atoms with E-state index in [1.807, 2.05) is 26.0 Å². The number of rotatable bonds is 6. The van der Waals surface area contributed by atoms with Gasteiger partial charge in [-0.05, 0) is 74.5 Å². The van der Waals surface area contributed by atoms with E-state index in [1.54, 1.807) is 48.5 Å². The van der Waals surface area contributed by atoms with Crippen molar-refractivity contribution in [3.05, 3.63) is 71.4 Å². The van der Waals surface area contributed by atoms with Crippen LogP contribution in [-0.4, -0.2) is 22.2 Å². The molecule has 138 valence electrons. The first-order valence-corrected chi connectivity index (χ1v) is 8.82. The van der Waals surface area contributed by atoms with E-state index >= 15 is 0 Å². The largest absolute Gasteiger partial charge is 0.491 e. The maximum atomic E-state index is 12.3. The zero-order valence-electron chi connectivity index (χ0n) is 14.9. The second-order valence-corrected chi connectivity index (χ2v) is 6.52. The Labute approximate surface area is 162 Å². The van der Waals surface area contributed by atoms with Crippen molar-refractivity contribution in [2.75, 3.05) is 10.6 Å². The lowest BCUT2D eigenvalue weighted by molar-refractivity contribution is 0.102. The minimum Gasteiger partial charge on any atom is -0.491 e. The number of hydrogen-bond acceptors (Lipinski definition) is 5. The quantitative estimate of drug-likeness (QED) is 0.633. The van der Waals surface area contributed by atoms with Crippen molar-refractivity contribution in [1.82, 2.24) is 10.2 Å². The van der Waals surface area contributed by atoms with Gasteiger partial charge in [-0.3, -0.25) is 4.79 Å². The molecule has 0 aliphatic heterocycles. The highest BCUT2D eigenvalue weighted by atomic mass is 35.5. The molecule has 0 atom stereocenters. The van der Waals surface area contributed by atoms with Crippen LogP contribution >= 0.6 is 11.6 Å². The maximum absolute atomic E-state index is 12.3. The van der Waals surface area contributed by atoms with E-state index in [9.17, 15) is 4.79 Å². The predicted octanol–water partition coefficient (Wildman–Crippen LogP) is 4.91. The molecular weight excluding hydrogens is 364 g/mol. The number of hydrogen-bond donors (Lipinski definition) is 2. The fourth-order valence-electron chi connectivity index (χ4n) is 2.29. The molecule has 1 heterocycles. The van der Waals surface area contributed by atoms with Crippen LogP contribution in [0.4, 0.5) is 17.2 Å². The Morgan fingerprint density at radius 2 is 1.59 bits per heavy atom. The second kappa shape index (κ2) is 8.51. The van der Waals surface area contributed by atoms with Crippen molar-refractivity contribution in [3.63, 3.8) is 0 Å². The van der Waals surface area contributed by atoms with E-state index in [0.29, 0.717) is 16.5 Å². The molecule has 0 aliphatic rings. The molecule has 0 aliphatic carbocycles. The number of halogens is 1. The van der Waals surface area contributed by atoms with E-state index in [1.165, 1.54) is 0 Å². The molecule has 0 spiro atoms. The molecule has 0 saturated carbocycles. The second-order valence-electron chi connectivity index (χ2n) is 6.08. The maximum Gasteiger partial charge on any atom is 0.276 e. The molecule has 2 N–H and O–H groups in total. The average molecular weight is 383 g/mol. The van der Waals surface area contributed by atoms with Crippen LogP contribution in [-0.2, 0) is 0 Å². The third-order valence-corrected chi connectivity index (χ3v) is 3.75. The van der Waals surface area contributed by atoms with Crippen molar-refractivity contribution in [2.24, 2.45) is 0 Å². The van der Waals surface area contributed by atoms with Gasteiger partial charge in [0.05, 0.1) is 6.10 Å². The number of anilines is 3. The van der Waals surface area contributed by atoms with Gasteiger partial charge in [0.15, 0.2) is 11.5 Å². The molecule has 7 heteroatoms. The highest BCUT2D eigenvalue weighted by Crippen LogP contribution is 2.19. The summed E-state index contributed by atoms with van der Waals surface area (Å²) in [5.74, 6) is 0.947. The SMILES string of the molecule is CC(C)Oc1ccc(NC(=O)c2ccc(Nc3ccc(Cl)cc3)nn2)cc1. The standard InChI is InChI=1S/C20H19ClN4O2/c1-13(2)27-17-9-7-16(8-10-17)23-20(26)18-11-12-19(25-24-18)22-15-5-3-14(21)4-6-15/h3-13H,1-2H3,(H,22,25)(H,23,26). The summed E-state index contributed by atoms with van der Waals surface area (Å²) in [5.41, 5.74) is 1.70. The zero-order chi connectivity index (χ0) is 19.2. The molecular formula is C20H19ClN4O2. The van der Waals surface area contributed by atoms with Gasteiger partial charge in [0.2, 0.25) is 0 Å². The van der Waals surface area contributed by atoms with E-state index in [4.69, 9.17) is 16.3 Å². The Balaban J connectivity index is 1.60. The van der Waals surface area contributed by atoms with Gasteiger partial charge in [0, 0.05) is 16.4 Å². The number of carbonyl (C=O) groups excluding carboxylic acids is 1. The number of nitrogens with one attached hydrogen (secondary N) is 2. The van der Waals surface area contributed by atoms with Gasteiger partial charge in [-0.2, -0.15) is 0 Å². The topological polar surface area (TPSA) is 76.1 Å². The Morgan fingerprint density at radius 3 is 2.19 bits per heavy atom. The average Bonchev–Trinajstić information content (AvgIpc) is 2.65. The number of carbonyl (C=O) groups is 1. The van der Waals surface area contributed by atoms with Gasteiger partial charge in [-0.25, -0.2) is 0 Å². The minimum atomic E-state index is -0.335. The van der Waals surface area contributed by atoms with Gasteiger partial charge in [0.1, 0.15) is 5.75 Å². The summed E-state index contributed by atoms with van der Waals surface area (Å²) in [6, 6.07) is 17.7. The molecule has 0 unspecified atom stereocenters. The highest BCUT2D eigenvalue weighted by molar-refractivity contribution is 6.30. The summed E-state index contributed by atoms with van der Waals surface area (Å²) in [4.78, 5) is 12.3. The first-order chi connectivity index (χ1) is 13.0. The summed E-state index contributed by atoms with van der Waals surface area (Å²) in [6.07, 6.45) is 0.0979. The lowest BCUT2D eigenvalue weighted by atomic mass is 10.2. The summed E-state index contributed by atoms with van der Waals surface area (Å²) in [5, 5.41) is 14.5. The Kier molecular flexibility index (Phi) is 5.88. The first-order valence-electron chi connectivity index (χ1n) is 8.44. The minimum absolute atomic E-state index is 0.0979. The van der Waals surface area contributed by atoms with Crippen LogP contribution in [0.5, 0.6) is 5.75 Å². The van der Waals surface area contributed by atoms with E-state index < -0.39 is 0 Å². The van der Waals surface area contributed by atoms with Crippen LogP contribution in [0.25, 0.3) is 0 Å². The van der Waals surface area contributed by atoms with Crippen molar-refractivity contribution in [2.45, 2.75) is 20.0 Å². The van der Waals surface area contributed by atoms with Crippen molar-refractivity contribution in [3.8, 4) is 5.75 Å². The fraction of sp³-hybridized carbons (Fsp3) is 0.150. The smallest absolute Gasteiger partial charge is 0.276 e. The molecule has 2 aromatic carbocycles. The molecule has 6 nitrogen and oxygen atoms in total. The monoisotopic (exact) mass is 382 g/mol. The summed E-state index contributed by atoms with van der Waals surface area (Å²) in [6.45, 7) is 3.92. The van der Waals surface area contributed by atoms with Gasteiger partial charge < -0.3 is 15.4 Å². The molecule has 0 bridgehead atoms. The third kappa shape index (κ3) is 5.43. The van der Waals surface area contributed by atoms with Crippen LogP contribution < -0.4 is 15.4 Å². The van der Waals surface area contributed by atoms with Crippen molar-refractivity contribution < 1.29 is 9.53 Å². The zero-order valence-corrected chi connectivity index (χ0v) is 15.7.